The fourth-order valence-corrected chi connectivity index (χ4v) is 4.99. The van der Waals surface area contributed by atoms with Crippen molar-refractivity contribution in [2.75, 3.05) is 75.2 Å². The molecule has 0 saturated heterocycles. The molecule has 0 aliphatic rings. The number of benzene rings is 4. The first-order chi connectivity index (χ1) is 30.2. The van der Waals surface area contributed by atoms with Crippen LogP contribution in [0.1, 0.15) is 56.4 Å². The van der Waals surface area contributed by atoms with Crippen LogP contribution in [0.3, 0.4) is 0 Å². The predicted molar refractivity (Wildman–Crippen MR) is 226 cm³/mol. The minimum Gasteiger partial charge on any atom is -0.494 e. The van der Waals surface area contributed by atoms with Crippen molar-refractivity contribution >= 4 is 0 Å². The predicted octanol–water partition coefficient (Wildman–Crippen LogP) is 11.4. The van der Waals surface area contributed by atoms with Crippen molar-refractivity contribution in [3.05, 3.63) is 130 Å². The van der Waals surface area contributed by atoms with Crippen LogP contribution < -0.4 is 18.9 Å². The van der Waals surface area contributed by atoms with Crippen LogP contribution in [-0.2, 0) is 44.6 Å². The van der Waals surface area contributed by atoms with E-state index in [0.717, 1.165) is 6.42 Å². The average molecular weight is 905 g/mol. The molecule has 0 heterocycles. The Hall–Kier alpha value is -4.90. The SMILES string of the molecule is C/C=C/Oc1ccc(CCOC)c(F)c1F.CCCOc1ccc(CCOC)c(F)c1F.COCCc1ccc(OC)c(F)c1F.COCCc1ccc(OCC(C)C)c(F)c1F. The lowest BCUT2D eigenvalue weighted by atomic mass is 10.1. The molecule has 0 saturated carbocycles. The normalized spacial score (nSPS) is 10.7. The highest BCUT2D eigenvalue weighted by molar-refractivity contribution is 5.34. The molecule has 0 aliphatic heterocycles. The van der Waals surface area contributed by atoms with E-state index in [1.165, 1.54) is 90.3 Å². The maximum atomic E-state index is 13.6. The number of methoxy groups -OCH3 is 5. The molecule has 8 nitrogen and oxygen atoms in total. The minimum atomic E-state index is -0.966. The van der Waals surface area contributed by atoms with Crippen LogP contribution in [-0.4, -0.2) is 75.2 Å². The van der Waals surface area contributed by atoms with Crippen molar-refractivity contribution < 1.29 is 73.0 Å². The number of rotatable bonds is 21. The van der Waals surface area contributed by atoms with E-state index in [9.17, 15) is 35.1 Å². The molecule has 0 atom stereocenters. The molecule has 0 fully saturated rings. The van der Waals surface area contributed by atoms with Gasteiger partial charge in [0.2, 0.25) is 23.3 Å². The lowest BCUT2D eigenvalue weighted by Gasteiger charge is -2.11. The maximum Gasteiger partial charge on any atom is 0.201 e. The van der Waals surface area contributed by atoms with Crippen LogP contribution in [0.2, 0.25) is 0 Å². The summed E-state index contributed by atoms with van der Waals surface area (Å²) in [7, 11) is 7.36. The summed E-state index contributed by atoms with van der Waals surface area (Å²) in [6, 6.07) is 11.8. The Bertz CT molecular complexity index is 1910. The summed E-state index contributed by atoms with van der Waals surface area (Å²) in [6.07, 6.45) is 5.04. The number of hydrogen-bond donors (Lipinski definition) is 0. The Balaban J connectivity index is 0.000000421. The topological polar surface area (TPSA) is 73.8 Å². The highest BCUT2D eigenvalue weighted by atomic mass is 19.2. The van der Waals surface area contributed by atoms with Gasteiger partial charge >= 0.3 is 0 Å². The van der Waals surface area contributed by atoms with Gasteiger partial charge in [-0.2, -0.15) is 17.6 Å². The summed E-state index contributed by atoms with van der Waals surface area (Å²) in [4.78, 5) is 0. The van der Waals surface area contributed by atoms with E-state index in [2.05, 4.69) is 4.74 Å². The molecule has 0 aromatic heterocycles. The summed E-state index contributed by atoms with van der Waals surface area (Å²) in [5.41, 5.74) is 1.20. The molecular formula is C47H60F8O8. The molecule has 16 heteroatoms. The largest absolute Gasteiger partial charge is 0.494 e. The zero-order valence-electron chi connectivity index (χ0n) is 37.4. The number of hydrogen-bond acceptors (Lipinski definition) is 8. The van der Waals surface area contributed by atoms with Gasteiger partial charge in [-0.25, -0.2) is 17.6 Å². The summed E-state index contributed by atoms with van der Waals surface area (Å²) in [5, 5.41) is 0. The Labute approximate surface area is 366 Å². The van der Waals surface area contributed by atoms with Crippen molar-refractivity contribution in [2.45, 2.75) is 59.8 Å². The Morgan fingerprint density at radius 1 is 0.444 bits per heavy atom. The van der Waals surface area contributed by atoms with Crippen LogP contribution >= 0.6 is 0 Å². The molecular weight excluding hydrogens is 844 g/mol. The number of ether oxygens (including phenoxy) is 8. The minimum absolute atomic E-state index is 0.0273. The molecule has 352 valence electrons. The molecule has 0 spiro atoms. The van der Waals surface area contributed by atoms with Crippen molar-refractivity contribution in [3.8, 4) is 23.0 Å². The molecule has 4 aromatic rings. The van der Waals surface area contributed by atoms with Gasteiger partial charge in [-0.3, -0.25) is 0 Å². The van der Waals surface area contributed by atoms with Gasteiger partial charge in [0.25, 0.3) is 0 Å². The van der Waals surface area contributed by atoms with E-state index in [-0.39, 0.29) is 34.5 Å². The van der Waals surface area contributed by atoms with Gasteiger partial charge in [0.15, 0.2) is 46.3 Å². The maximum absolute atomic E-state index is 13.6. The molecule has 0 aliphatic carbocycles. The lowest BCUT2D eigenvalue weighted by molar-refractivity contribution is 0.200. The summed E-state index contributed by atoms with van der Waals surface area (Å²) < 4.78 is 147. The molecule has 0 N–H and O–H groups in total. The summed E-state index contributed by atoms with van der Waals surface area (Å²) in [6.45, 7) is 9.72. The highest BCUT2D eigenvalue weighted by Gasteiger charge is 2.17. The third-order valence-corrected chi connectivity index (χ3v) is 8.39. The molecule has 0 unspecified atom stereocenters. The van der Waals surface area contributed by atoms with Crippen LogP contribution in [0, 0.1) is 52.5 Å². The van der Waals surface area contributed by atoms with Gasteiger partial charge in [0.05, 0.1) is 53.0 Å². The second-order valence-corrected chi connectivity index (χ2v) is 13.7. The van der Waals surface area contributed by atoms with Crippen molar-refractivity contribution in [1.82, 2.24) is 0 Å². The van der Waals surface area contributed by atoms with Crippen molar-refractivity contribution in [1.29, 1.82) is 0 Å². The second kappa shape index (κ2) is 31.9. The zero-order valence-corrected chi connectivity index (χ0v) is 37.4. The molecule has 4 aromatic carbocycles. The van der Waals surface area contributed by atoms with Crippen LogP contribution in [0.25, 0.3) is 0 Å². The smallest absolute Gasteiger partial charge is 0.201 e. The van der Waals surface area contributed by atoms with E-state index in [1.807, 2.05) is 20.8 Å². The Morgan fingerprint density at radius 3 is 1.11 bits per heavy atom. The fourth-order valence-electron chi connectivity index (χ4n) is 4.99. The Kier molecular flexibility index (Phi) is 28.4. The molecule has 0 amide bonds. The van der Waals surface area contributed by atoms with Gasteiger partial charge in [-0.1, -0.05) is 51.1 Å². The molecule has 0 bridgehead atoms. The molecule has 63 heavy (non-hydrogen) atoms. The first kappa shape index (κ1) is 56.1. The first-order valence-electron chi connectivity index (χ1n) is 20.1. The van der Waals surface area contributed by atoms with E-state index in [0.29, 0.717) is 82.0 Å². The van der Waals surface area contributed by atoms with Crippen LogP contribution in [0.15, 0.2) is 60.9 Å². The van der Waals surface area contributed by atoms with Crippen molar-refractivity contribution in [3.63, 3.8) is 0 Å². The van der Waals surface area contributed by atoms with Gasteiger partial charge in [0, 0.05) is 28.4 Å². The molecule has 4 rings (SSSR count). The van der Waals surface area contributed by atoms with Gasteiger partial charge in [0.1, 0.15) is 0 Å². The number of allylic oxidation sites excluding steroid dienone is 1. The quantitative estimate of drug-likeness (QED) is 0.0605. The van der Waals surface area contributed by atoms with E-state index < -0.39 is 46.5 Å². The van der Waals surface area contributed by atoms with E-state index >= 15 is 0 Å². The number of halogens is 8. The van der Waals surface area contributed by atoms with Crippen molar-refractivity contribution in [2.24, 2.45) is 5.92 Å². The third-order valence-electron chi connectivity index (χ3n) is 8.39. The molecule has 0 radical (unpaired) electrons. The monoisotopic (exact) mass is 904 g/mol. The highest BCUT2D eigenvalue weighted by Crippen LogP contribution is 2.26. The van der Waals surface area contributed by atoms with Gasteiger partial charge in [-0.05, 0) is 91.5 Å². The average Bonchev–Trinajstić information content (AvgIpc) is 3.28. The van der Waals surface area contributed by atoms with Crippen LogP contribution in [0.4, 0.5) is 35.1 Å². The second-order valence-electron chi connectivity index (χ2n) is 13.7. The summed E-state index contributed by atoms with van der Waals surface area (Å²) in [5.74, 6) is -7.15. The fraction of sp³-hybridized carbons (Fsp3) is 0.447. The lowest BCUT2D eigenvalue weighted by Crippen LogP contribution is -2.08. The standard InChI is InChI=1S/C13H18F2O2.C12H16F2O2.C12H14F2O2.C10H12F2O2/c1-9(2)8-17-11-5-4-10(6-7-16-3)12(14)13(11)15;2*1-3-7-16-10-5-4-9(6-8-15-2)11(13)12(10)14;1-13-6-5-7-3-4-8(14-2)10(12)9(7)11/h4-5,9H,6-8H2,1-3H3;4-5H,3,6-8H2,1-2H3;3-5,7H,6,8H2,1-2H3;3-4H,5-6H2,1-2H3/b;;7-3+;. The first-order valence-corrected chi connectivity index (χ1v) is 20.1. The van der Waals surface area contributed by atoms with Crippen LogP contribution in [0.5, 0.6) is 23.0 Å². The van der Waals surface area contributed by atoms with E-state index in [1.54, 1.807) is 13.0 Å². The summed E-state index contributed by atoms with van der Waals surface area (Å²) >= 11 is 0. The Morgan fingerprint density at radius 2 is 0.778 bits per heavy atom. The third kappa shape index (κ3) is 19.6. The van der Waals surface area contributed by atoms with Gasteiger partial charge < -0.3 is 37.9 Å². The van der Waals surface area contributed by atoms with E-state index in [4.69, 9.17) is 33.2 Å². The zero-order chi connectivity index (χ0) is 47.3. The van der Waals surface area contributed by atoms with Gasteiger partial charge in [-0.15, -0.1) is 0 Å².